The monoisotopic (exact) mass is 740 g/mol. The summed E-state index contributed by atoms with van der Waals surface area (Å²) in [6.45, 7) is 16.2. The molecule has 0 amide bonds. The Morgan fingerprint density at radius 2 is 1.52 bits per heavy atom. The third-order valence-electron chi connectivity index (χ3n) is 8.90. The van der Waals surface area contributed by atoms with E-state index >= 15 is 0 Å². The Bertz CT molecular complexity index is 1600. The van der Waals surface area contributed by atoms with E-state index in [0.29, 0.717) is 5.56 Å². The number of aryl methyl sites for hydroxylation is 2. The maximum absolute atomic E-state index is 12.2. The molecule has 1 heterocycles. The van der Waals surface area contributed by atoms with Crippen LogP contribution < -0.4 is 0 Å². The minimum Gasteiger partial charge on any atom is -0.512 e. The fourth-order valence-corrected chi connectivity index (χ4v) is 4.99. The number of benzene rings is 3. The molecule has 0 unspecified atom stereocenters. The number of pyridine rings is 1. The second kappa shape index (κ2) is 14.7. The van der Waals surface area contributed by atoms with Crippen LogP contribution in [0, 0.1) is 42.1 Å². The topological polar surface area (TPSA) is 74.0 Å². The zero-order chi connectivity index (χ0) is 30.4. The number of ketones is 1. The van der Waals surface area contributed by atoms with Gasteiger partial charge in [-0.05, 0) is 71.1 Å². The van der Waals surface area contributed by atoms with Crippen molar-refractivity contribution in [3.05, 3.63) is 89.3 Å². The molecular formula is C37H43IrN2O2-. The quantitative estimate of drug-likeness (QED) is 0.0845. The van der Waals surface area contributed by atoms with Gasteiger partial charge >= 0.3 is 0 Å². The molecule has 42 heavy (non-hydrogen) atoms. The Morgan fingerprint density at radius 3 is 2.10 bits per heavy atom. The SMILES string of the molecule is CCC(C)(CC)C(=O)C=C(O)C(C)(CC)CC.Cc1[c-]c(-c2nccc3c2ccc2cc(C#N)ccc23)cc(C)c1.[Ir]. The molecule has 0 aliphatic heterocycles. The number of hydrogen-bond acceptors (Lipinski definition) is 4. The molecule has 5 heteroatoms. The summed E-state index contributed by atoms with van der Waals surface area (Å²) >= 11 is 0. The number of nitriles is 1. The van der Waals surface area contributed by atoms with Crippen LogP contribution in [0.3, 0.4) is 0 Å². The molecule has 0 aliphatic carbocycles. The van der Waals surface area contributed by atoms with E-state index in [1.807, 2.05) is 72.0 Å². The Labute approximate surface area is 265 Å². The predicted molar refractivity (Wildman–Crippen MR) is 171 cm³/mol. The molecule has 1 aromatic heterocycles. The number of aromatic nitrogens is 1. The van der Waals surface area contributed by atoms with E-state index in [2.05, 4.69) is 55.2 Å². The first kappa shape index (κ1) is 34.9. The third kappa shape index (κ3) is 7.54. The number of carbonyl (C=O) groups excluding carboxylic acids is 1. The Kier molecular flexibility index (Phi) is 12.2. The number of aliphatic hydroxyl groups excluding tert-OH is 1. The van der Waals surface area contributed by atoms with E-state index in [9.17, 15) is 9.90 Å². The number of carbonyl (C=O) groups is 1. The molecule has 0 atom stereocenters. The van der Waals surface area contributed by atoms with Crippen LogP contribution in [0.5, 0.6) is 0 Å². The van der Waals surface area contributed by atoms with Gasteiger partial charge in [0.1, 0.15) is 5.76 Å². The molecule has 223 valence electrons. The van der Waals surface area contributed by atoms with Gasteiger partial charge in [-0.2, -0.15) is 5.26 Å². The molecule has 1 radical (unpaired) electrons. The fourth-order valence-electron chi connectivity index (χ4n) is 4.99. The van der Waals surface area contributed by atoms with Crippen LogP contribution in [-0.4, -0.2) is 15.9 Å². The Balaban J connectivity index is 0.000000307. The van der Waals surface area contributed by atoms with Crippen molar-refractivity contribution in [2.75, 3.05) is 0 Å². The number of rotatable bonds is 8. The van der Waals surface area contributed by atoms with E-state index in [0.717, 1.165) is 64.0 Å². The van der Waals surface area contributed by atoms with Gasteiger partial charge in [-0.3, -0.25) is 4.79 Å². The summed E-state index contributed by atoms with van der Waals surface area (Å²) in [4.78, 5) is 16.8. The molecule has 0 bridgehead atoms. The summed E-state index contributed by atoms with van der Waals surface area (Å²) in [5.41, 5.74) is 4.37. The smallest absolute Gasteiger partial charge is 0.164 e. The summed E-state index contributed by atoms with van der Waals surface area (Å²) in [5, 5.41) is 23.7. The van der Waals surface area contributed by atoms with Gasteiger partial charge in [-0.1, -0.05) is 73.6 Å². The van der Waals surface area contributed by atoms with Gasteiger partial charge in [-0.15, -0.1) is 34.9 Å². The maximum Gasteiger partial charge on any atom is 0.164 e. The molecule has 0 saturated heterocycles. The number of fused-ring (bicyclic) bond motifs is 3. The molecular weight excluding hydrogens is 697 g/mol. The first-order valence-corrected chi connectivity index (χ1v) is 14.6. The van der Waals surface area contributed by atoms with Gasteiger partial charge in [0.25, 0.3) is 0 Å². The Morgan fingerprint density at radius 1 is 0.905 bits per heavy atom. The van der Waals surface area contributed by atoms with Gasteiger partial charge in [0.05, 0.1) is 11.6 Å². The van der Waals surface area contributed by atoms with Gasteiger partial charge in [0, 0.05) is 43.2 Å². The maximum atomic E-state index is 12.2. The molecule has 0 saturated carbocycles. The summed E-state index contributed by atoms with van der Waals surface area (Å²) in [6, 6.07) is 21.9. The number of nitrogens with zero attached hydrogens (tertiary/aromatic N) is 2. The third-order valence-corrected chi connectivity index (χ3v) is 8.90. The van der Waals surface area contributed by atoms with Crippen molar-refractivity contribution >= 4 is 27.3 Å². The van der Waals surface area contributed by atoms with Crippen LogP contribution in [0.2, 0.25) is 0 Å². The van der Waals surface area contributed by atoms with Crippen molar-refractivity contribution in [1.82, 2.24) is 4.98 Å². The van der Waals surface area contributed by atoms with E-state index in [-0.39, 0.29) is 42.5 Å². The molecule has 1 N–H and O–H groups in total. The van der Waals surface area contributed by atoms with Crippen LogP contribution >= 0.6 is 0 Å². The minimum absolute atomic E-state index is 0. The minimum atomic E-state index is -0.337. The van der Waals surface area contributed by atoms with Gasteiger partial charge in [-0.25, -0.2) is 0 Å². The second-order valence-electron chi connectivity index (χ2n) is 11.6. The van der Waals surface area contributed by atoms with Gasteiger partial charge in [0.15, 0.2) is 5.78 Å². The second-order valence-corrected chi connectivity index (χ2v) is 11.6. The van der Waals surface area contributed by atoms with E-state index in [4.69, 9.17) is 5.26 Å². The summed E-state index contributed by atoms with van der Waals surface area (Å²) in [6.07, 6.45) is 6.60. The number of hydrogen-bond donors (Lipinski definition) is 1. The first-order valence-electron chi connectivity index (χ1n) is 14.6. The zero-order valence-electron chi connectivity index (χ0n) is 26.2. The standard InChI is InChI=1S/C22H15N2.C15H28O2.Ir/c1-14-9-15(2)11-18(10-14)22-21-6-4-17-12-16(13-23)3-5-19(17)20(21)7-8-24-22;1-7-14(5,8-2)12(16)11-13(17)15(6,9-3)10-4;/h3-10,12H,1-2H3;11,16H,7-10H2,1-6H3;/q-1;;. The van der Waals surface area contributed by atoms with Crippen molar-refractivity contribution in [2.45, 2.75) is 81.1 Å². The van der Waals surface area contributed by atoms with Crippen molar-refractivity contribution in [1.29, 1.82) is 5.26 Å². The molecule has 0 spiro atoms. The zero-order valence-corrected chi connectivity index (χ0v) is 28.6. The van der Waals surface area contributed by atoms with Gasteiger partial charge < -0.3 is 10.1 Å². The Hall–Kier alpha value is -3.32. The number of aliphatic hydroxyl groups is 1. The van der Waals surface area contributed by atoms with E-state index in [1.54, 1.807) is 0 Å². The molecule has 4 rings (SSSR count). The molecule has 0 aliphatic rings. The van der Waals surface area contributed by atoms with Crippen LogP contribution in [0.4, 0.5) is 0 Å². The average molecular weight is 740 g/mol. The van der Waals surface area contributed by atoms with Crippen molar-refractivity contribution in [2.24, 2.45) is 10.8 Å². The molecule has 4 nitrogen and oxygen atoms in total. The van der Waals surface area contributed by atoms with E-state index in [1.165, 1.54) is 11.6 Å². The average Bonchev–Trinajstić information content (AvgIpc) is 2.99. The van der Waals surface area contributed by atoms with Crippen molar-refractivity contribution < 1.29 is 30.0 Å². The summed E-state index contributed by atoms with van der Waals surface area (Å²) in [7, 11) is 0. The fraction of sp³-hybridized carbons (Fsp3) is 0.378. The molecule has 4 aromatic rings. The molecule has 0 fully saturated rings. The van der Waals surface area contributed by atoms with E-state index < -0.39 is 0 Å². The van der Waals surface area contributed by atoms with Crippen LogP contribution in [0.25, 0.3) is 32.8 Å². The normalized spacial score (nSPS) is 11.8. The molecule has 3 aromatic carbocycles. The number of allylic oxidation sites excluding steroid dienone is 2. The van der Waals surface area contributed by atoms with Crippen LogP contribution in [0.15, 0.2) is 66.6 Å². The summed E-state index contributed by atoms with van der Waals surface area (Å²) in [5.74, 6) is 0.286. The van der Waals surface area contributed by atoms with Crippen LogP contribution in [0.1, 0.15) is 83.9 Å². The van der Waals surface area contributed by atoms with Crippen molar-refractivity contribution in [3.63, 3.8) is 0 Å². The predicted octanol–water partition coefficient (Wildman–Crippen LogP) is 9.99. The first-order chi connectivity index (χ1) is 19.4. The van der Waals surface area contributed by atoms with Crippen LogP contribution in [-0.2, 0) is 24.9 Å². The summed E-state index contributed by atoms with van der Waals surface area (Å²) < 4.78 is 0. The van der Waals surface area contributed by atoms with Gasteiger partial charge in [0.2, 0.25) is 0 Å². The largest absolute Gasteiger partial charge is 0.512 e. The van der Waals surface area contributed by atoms with Crippen molar-refractivity contribution in [3.8, 4) is 17.3 Å².